The molecule has 6 heteroatoms. The van der Waals surface area contributed by atoms with Gasteiger partial charge >= 0.3 is 0 Å². The minimum atomic E-state index is 0.664. The van der Waals surface area contributed by atoms with Crippen LogP contribution in [-0.2, 0) is 6.42 Å². The van der Waals surface area contributed by atoms with Crippen LogP contribution in [0, 0.1) is 0 Å². The van der Waals surface area contributed by atoms with Crippen LogP contribution >= 0.6 is 0 Å². The molecule has 0 radical (unpaired) electrons. The molecule has 0 aliphatic rings. The highest BCUT2D eigenvalue weighted by Crippen LogP contribution is 2.29. The Morgan fingerprint density at radius 1 is 0.920 bits per heavy atom. The van der Waals surface area contributed by atoms with Gasteiger partial charge in [0.1, 0.15) is 5.75 Å². The molecule has 0 spiro atoms. The van der Waals surface area contributed by atoms with Crippen LogP contribution in [0.4, 0.5) is 5.69 Å². The number of rotatable bonds is 7. The van der Waals surface area contributed by atoms with Crippen LogP contribution in [0.2, 0.25) is 0 Å². The molecular weight excluding hydrogens is 318 g/mol. The summed E-state index contributed by atoms with van der Waals surface area (Å²) in [5.41, 5.74) is 2.02. The fraction of sp³-hybridized carbons (Fsp3) is 0.316. The Morgan fingerprint density at radius 2 is 1.64 bits per heavy atom. The molecule has 0 aliphatic heterocycles. The monoisotopic (exact) mass is 343 g/mol. The van der Waals surface area contributed by atoms with E-state index >= 15 is 0 Å². The van der Waals surface area contributed by atoms with Gasteiger partial charge in [-0.1, -0.05) is 18.2 Å². The van der Waals surface area contributed by atoms with Crippen LogP contribution in [0.25, 0.3) is 0 Å². The molecule has 0 fully saturated rings. The predicted octanol–water partition coefficient (Wildman–Crippen LogP) is 2.94. The van der Waals surface area contributed by atoms with Gasteiger partial charge in [0, 0.05) is 25.3 Å². The van der Waals surface area contributed by atoms with E-state index in [9.17, 15) is 0 Å². The molecule has 0 heterocycles. The number of anilines is 1. The van der Waals surface area contributed by atoms with Crippen molar-refractivity contribution >= 4 is 11.6 Å². The summed E-state index contributed by atoms with van der Waals surface area (Å²) < 4.78 is 15.9. The fourth-order valence-corrected chi connectivity index (χ4v) is 2.45. The summed E-state index contributed by atoms with van der Waals surface area (Å²) in [6, 6.07) is 13.6. The van der Waals surface area contributed by atoms with Gasteiger partial charge < -0.3 is 24.8 Å². The molecule has 6 nitrogen and oxygen atoms in total. The lowest BCUT2D eigenvalue weighted by molar-refractivity contribution is 0.355. The van der Waals surface area contributed by atoms with Gasteiger partial charge in [-0.05, 0) is 30.2 Å². The van der Waals surface area contributed by atoms with Gasteiger partial charge in [0.15, 0.2) is 17.5 Å². The van der Waals surface area contributed by atoms with Crippen molar-refractivity contribution in [3.05, 3.63) is 48.0 Å². The molecular formula is C19H25N3O3. The minimum Gasteiger partial charge on any atom is -0.496 e. The number of guanidine groups is 1. The van der Waals surface area contributed by atoms with E-state index in [-0.39, 0.29) is 0 Å². The Labute approximate surface area is 148 Å². The molecule has 2 rings (SSSR count). The maximum atomic E-state index is 5.37. The van der Waals surface area contributed by atoms with Crippen molar-refractivity contribution in [3.63, 3.8) is 0 Å². The standard InChI is InChI=1S/C19H25N3O3/c1-20-19(21-12-11-14-7-5-6-8-16(14)23-2)22-15-9-10-17(24-3)18(13-15)25-4/h5-10,13H,11-12H2,1-4H3,(H2,20,21,22). The highest BCUT2D eigenvalue weighted by molar-refractivity contribution is 5.93. The number of methoxy groups -OCH3 is 3. The smallest absolute Gasteiger partial charge is 0.195 e. The van der Waals surface area contributed by atoms with Crippen LogP contribution in [0.15, 0.2) is 47.5 Å². The molecule has 25 heavy (non-hydrogen) atoms. The van der Waals surface area contributed by atoms with Crippen molar-refractivity contribution in [1.82, 2.24) is 5.32 Å². The number of benzene rings is 2. The molecule has 134 valence electrons. The topological polar surface area (TPSA) is 64.1 Å². The van der Waals surface area contributed by atoms with Crippen LogP contribution in [0.5, 0.6) is 17.2 Å². The number of nitrogens with zero attached hydrogens (tertiary/aromatic N) is 1. The summed E-state index contributed by atoms with van der Waals surface area (Å²) in [6.45, 7) is 0.730. The number of ether oxygens (including phenoxy) is 3. The number of hydrogen-bond donors (Lipinski definition) is 2. The van der Waals surface area contributed by atoms with E-state index in [0.29, 0.717) is 17.5 Å². The summed E-state index contributed by atoms with van der Waals surface area (Å²) >= 11 is 0. The van der Waals surface area contributed by atoms with Gasteiger partial charge in [0.25, 0.3) is 0 Å². The maximum Gasteiger partial charge on any atom is 0.195 e. The summed E-state index contributed by atoms with van der Waals surface area (Å²) in [6.07, 6.45) is 0.830. The van der Waals surface area contributed by atoms with E-state index in [4.69, 9.17) is 14.2 Å². The normalized spacial score (nSPS) is 11.0. The molecule has 0 amide bonds. The number of hydrogen-bond acceptors (Lipinski definition) is 4. The zero-order chi connectivity index (χ0) is 18.1. The third-order valence-corrected chi connectivity index (χ3v) is 3.75. The van der Waals surface area contributed by atoms with Gasteiger partial charge in [0.2, 0.25) is 0 Å². The van der Waals surface area contributed by atoms with Crippen LogP contribution in [-0.4, -0.2) is 40.9 Å². The first-order valence-electron chi connectivity index (χ1n) is 8.03. The number of aliphatic imine (C=N–C) groups is 1. The molecule has 0 aliphatic carbocycles. The Morgan fingerprint density at radius 3 is 2.32 bits per heavy atom. The molecule has 2 N–H and O–H groups in total. The molecule has 2 aromatic rings. The average Bonchev–Trinajstić information content (AvgIpc) is 2.67. The van der Waals surface area contributed by atoms with Crippen LogP contribution in [0.3, 0.4) is 0 Å². The van der Waals surface area contributed by atoms with Crippen molar-refractivity contribution in [1.29, 1.82) is 0 Å². The Kier molecular flexibility index (Phi) is 6.95. The largest absolute Gasteiger partial charge is 0.496 e. The van der Waals surface area contributed by atoms with Gasteiger partial charge in [-0.3, -0.25) is 4.99 Å². The molecule has 0 saturated heterocycles. The first kappa shape index (κ1) is 18.4. The zero-order valence-electron chi connectivity index (χ0n) is 15.1. The second kappa shape index (κ2) is 9.42. The average molecular weight is 343 g/mol. The lowest BCUT2D eigenvalue weighted by atomic mass is 10.1. The SMILES string of the molecule is CN=C(NCCc1ccccc1OC)Nc1ccc(OC)c(OC)c1. The van der Waals surface area contributed by atoms with Crippen molar-refractivity contribution in [3.8, 4) is 17.2 Å². The summed E-state index contributed by atoms with van der Waals surface area (Å²) in [5, 5.41) is 6.54. The van der Waals surface area contributed by atoms with Crippen molar-refractivity contribution in [2.24, 2.45) is 4.99 Å². The Bertz CT molecular complexity index is 717. The van der Waals surface area contributed by atoms with E-state index in [1.807, 2.05) is 36.4 Å². The Balaban J connectivity index is 1.95. The highest BCUT2D eigenvalue weighted by Gasteiger charge is 2.07. The third kappa shape index (κ3) is 5.04. The van der Waals surface area contributed by atoms with E-state index in [1.165, 1.54) is 0 Å². The third-order valence-electron chi connectivity index (χ3n) is 3.75. The fourth-order valence-electron chi connectivity index (χ4n) is 2.45. The first-order chi connectivity index (χ1) is 12.2. The van der Waals surface area contributed by atoms with Crippen LogP contribution < -0.4 is 24.8 Å². The highest BCUT2D eigenvalue weighted by atomic mass is 16.5. The van der Waals surface area contributed by atoms with Crippen molar-refractivity contribution in [2.75, 3.05) is 40.2 Å². The second-order valence-corrected chi connectivity index (χ2v) is 5.26. The quantitative estimate of drug-likeness (QED) is 0.598. The lowest BCUT2D eigenvalue weighted by Gasteiger charge is -2.14. The van der Waals surface area contributed by atoms with E-state index in [1.54, 1.807) is 28.4 Å². The van der Waals surface area contributed by atoms with Gasteiger partial charge in [-0.15, -0.1) is 0 Å². The van der Waals surface area contributed by atoms with E-state index in [2.05, 4.69) is 21.7 Å². The lowest BCUT2D eigenvalue weighted by Crippen LogP contribution is -2.32. The second-order valence-electron chi connectivity index (χ2n) is 5.26. The summed E-state index contributed by atoms with van der Waals surface area (Å²) in [7, 11) is 6.65. The summed E-state index contributed by atoms with van der Waals surface area (Å²) in [4.78, 5) is 4.25. The maximum absolute atomic E-state index is 5.37. The van der Waals surface area contributed by atoms with Crippen molar-refractivity contribution < 1.29 is 14.2 Å². The molecule has 0 unspecified atom stereocenters. The molecule has 0 atom stereocenters. The number of nitrogens with one attached hydrogen (secondary N) is 2. The predicted molar refractivity (Wildman–Crippen MR) is 101 cm³/mol. The van der Waals surface area contributed by atoms with Crippen molar-refractivity contribution in [2.45, 2.75) is 6.42 Å². The zero-order valence-corrected chi connectivity index (χ0v) is 15.1. The molecule has 0 aromatic heterocycles. The first-order valence-corrected chi connectivity index (χ1v) is 8.03. The molecule has 2 aromatic carbocycles. The van der Waals surface area contributed by atoms with Gasteiger partial charge in [-0.25, -0.2) is 0 Å². The van der Waals surface area contributed by atoms with Gasteiger partial charge in [0.05, 0.1) is 21.3 Å². The summed E-state index contributed by atoms with van der Waals surface area (Å²) in [5.74, 6) is 2.93. The van der Waals surface area contributed by atoms with E-state index < -0.39 is 0 Å². The molecule has 0 bridgehead atoms. The van der Waals surface area contributed by atoms with E-state index in [0.717, 1.165) is 30.0 Å². The van der Waals surface area contributed by atoms with Crippen LogP contribution in [0.1, 0.15) is 5.56 Å². The molecule has 0 saturated carbocycles. The number of para-hydroxylation sites is 1. The Hall–Kier alpha value is -2.89. The minimum absolute atomic E-state index is 0.664. The van der Waals surface area contributed by atoms with Gasteiger partial charge in [-0.2, -0.15) is 0 Å².